The fourth-order valence-corrected chi connectivity index (χ4v) is 2.71. The van der Waals surface area contributed by atoms with Crippen LogP contribution in [0.4, 0.5) is 5.82 Å². The number of rotatable bonds is 1. The molecule has 1 aromatic rings. The molecule has 2 N–H and O–H groups in total. The van der Waals surface area contributed by atoms with E-state index in [-0.39, 0.29) is 16.9 Å². The van der Waals surface area contributed by atoms with Crippen molar-refractivity contribution in [2.24, 2.45) is 0 Å². The van der Waals surface area contributed by atoms with E-state index in [2.05, 4.69) is 9.72 Å². The van der Waals surface area contributed by atoms with E-state index in [0.29, 0.717) is 5.75 Å². The molecule has 0 bridgehead atoms. The first kappa shape index (κ1) is 10.8. The molecule has 0 radical (unpaired) electrons. The van der Waals surface area contributed by atoms with Gasteiger partial charge in [-0.05, 0) is 0 Å². The van der Waals surface area contributed by atoms with Crippen molar-refractivity contribution >= 4 is 23.5 Å². The van der Waals surface area contributed by atoms with Gasteiger partial charge < -0.3 is 10.5 Å². The molecule has 0 amide bonds. The molecular formula is C10H9N3O2S. The molecule has 82 valence electrons. The molecule has 2 heterocycles. The topological polar surface area (TPSA) is 89.0 Å². The van der Waals surface area contributed by atoms with Crippen LogP contribution in [0.2, 0.25) is 0 Å². The lowest BCUT2D eigenvalue weighted by atomic mass is 10.0. The van der Waals surface area contributed by atoms with Crippen molar-refractivity contribution in [2.45, 2.75) is 11.5 Å². The Bertz CT molecular complexity index is 507. The van der Waals surface area contributed by atoms with Crippen molar-refractivity contribution in [3.8, 4) is 6.07 Å². The number of ether oxygens (including phenoxy) is 1. The summed E-state index contributed by atoms with van der Waals surface area (Å²) < 4.78 is 4.68. The van der Waals surface area contributed by atoms with Gasteiger partial charge in [-0.2, -0.15) is 17.0 Å². The van der Waals surface area contributed by atoms with Gasteiger partial charge in [-0.15, -0.1) is 0 Å². The Hall–Kier alpha value is -1.74. The number of aromatic nitrogens is 1. The van der Waals surface area contributed by atoms with E-state index in [1.165, 1.54) is 7.11 Å². The molecule has 0 fully saturated rings. The van der Waals surface area contributed by atoms with E-state index in [1.54, 1.807) is 11.8 Å². The van der Waals surface area contributed by atoms with Gasteiger partial charge in [-0.1, -0.05) is 0 Å². The maximum atomic E-state index is 11.6. The third-order valence-electron chi connectivity index (χ3n) is 2.40. The van der Waals surface area contributed by atoms with E-state index >= 15 is 0 Å². The molecule has 2 rings (SSSR count). The average molecular weight is 235 g/mol. The Kier molecular flexibility index (Phi) is 2.71. The minimum absolute atomic E-state index is 0.101. The van der Waals surface area contributed by atoms with Gasteiger partial charge in [-0.3, -0.25) is 0 Å². The lowest BCUT2D eigenvalue weighted by Crippen LogP contribution is -2.12. The summed E-state index contributed by atoms with van der Waals surface area (Å²) in [7, 11) is 1.29. The monoisotopic (exact) mass is 235 g/mol. The molecule has 0 aliphatic carbocycles. The Labute approximate surface area is 96.6 Å². The first-order valence-electron chi connectivity index (χ1n) is 4.56. The molecule has 0 spiro atoms. The number of anilines is 1. The summed E-state index contributed by atoms with van der Waals surface area (Å²) in [6.07, 6.45) is 0. The summed E-state index contributed by atoms with van der Waals surface area (Å²) in [5.74, 6) is 0.963. The van der Waals surface area contributed by atoms with Gasteiger partial charge in [0.2, 0.25) is 0 Å². The van der Waals surface area contributed by atoms with Crippen LogP contribution in [0.25, 0.3) is 0 Å². The second kappa shape index (κ2) is 4.02. The molecule has 1 aliphatic rings. The zero-order valence-electron chi connectivity index (χ0n) is 8.61. The van der Waals surface area contributed by atoms with Crippen molar-refractivity contribution in [1.29, 1.82) is 5.26 Å². The number of carbonyl (C=O) groups excluding carboxylic acids is 1. The SMILES string of the molecule is COC(=O)c1c(C#N)c(N)nc2c1CSC2. The number of methoxy groups -OCH3 is 1. The minimum atomic E-state index is -0.524. The maximum Gasteiger partial charge on any atom is 0.339 e. The third-order valence-corrected chi connectivity index (χ3v) is 3.37. The van der Waals surface area contributed by atoms with E-state index < -0.39 is 5.97 Å². The quantitative estimate of drug-likeness (QED) is 0.732. The molecule has 0 unspecified atom stereocenters. The Morgan fingerprint density at radius 3 is 3.00 bits per heavy atom. The number of carbonyl (C=O) groups is 1. The number of pyridine rings is 1. The summed E-state index contributed by atoms with van der Waals surface area (Å²) in [5, 5.41) is 8.99. The van der Waals surface area contributed by atoms with Crippen molar-refractivity contribution in [3.05, 3.63) is 22.4 Å². The molecule has 6 heteroatoms. The van der Waals surface area contributed by atoms with Gasteiger partial charge in [0.15, 0.2) is 0 Å². The number of hydrogen-bond donors (Lipinski definition) is 1. The van der Waals surface area contributed by atoms with Crippen LogP contribution >= 0.6 is 11.8 Å². The molecule has 5 nitrogen and oxygen atoms in total. The lowest BCUT2D eigenvalue weighted by molar-refractivity contribution is 0.0599. The molecule has 16 heavy (non-hydrogen) atoms. The zero-order chi connectivity index (χ0) is 11.7. The highest BCUT2D eigenvalue weighted by Crippen LogP contribution is 2.34. The first-order chi connectivity index (χ1) is 7.69. The summed E-state index contributed by atoms with van der Waals surface area (Å²) in [6, 6.07) is 1.91. The van der Waals surface area contributed by atoms with Crippen LogP contribution in [0.15, 0.2) is 0 Å². The fourth-order valence-electron chi connectivity index (χ4n) is 1.66. The molecule has 0 aromatic carbocycles. The summed E-state index contributed by atoms with van der Waals surface area (Å²) in [6.45, 7) is 0. The Balaban J connectivity index is 2.73. The van der Waals surface area contributed by atoms with Crippen molar-refractivity contribution < 1.29 is 9.53 Å². The molecule has 1 aliphatic heterocycles. The predicted molar refractivity (Wildman–Crippen MR) is 59.7 cm³/mol. The van der Waals surface area contributed by atoms with Gasteiger partial charge in [0, 0.05) is 17.1 Å². The summed E-state index contributed by atoms with van der Waals surface area (Å²) >= 11 is 1.64. The highest BCUT2D eigenvalue weighted by molar-refractivity contribution is 7.98. The van der Waals surface area contributed by atoms with Crippen LogP contribution in [-0.2, 0) is 16.2 Å². The van der Waals surface area contributed by atoms with Crippen LogP contribution in [-0.4, -0.2) is 18.1 Å². The zero-order valence-corrected chi connectivity index (χ0v) is 9.43. The maximum absolute atomic E-state index is 11.6. The number of thioether (sulfide) groups is 1. The molecule has 0 saturated heterocycles. The number of nitrogens with two attached hydrogens (primary N) is 1. The molecule has 0 atom stereocenters. The largest absolute Gasteiger partial charge is 0.465 e. The Morgan fingerprint density at radius 1 is 1.62 bits per heavy atom. The normalized spacial score (nSPS) is 13.0. The smallest absolute Gasteiger partial charge is 0.339 e. The standard InChI is InChI=1S/C10H9N3O2S/c1-15-10(14)8-5(2-11)9(12)13-7-4-16-3-6(7)8/h3-4H2,1H3,(H2,12,13). The number of hydrogen-bond acceptors (Lipinski definition) is 6. The predicted octanol–water partition coefficient (Wildman–Crippen LogP) is 1.07. The second-order valence-electron chi connectivity index (χ2n) is 3.27. The van der Waals surface area contributed by atoms with Crippen LogP contribution in [0.3, 0.4) is 0 Å². The van der Waals surface area contributed by atoms with Crippen molar-refractivity contribution in [1.82, 2.24) is 4.98 Å². The number of fused-ring (bicyclic) bond motifs is 1. The second-order valence-corrected chi connectivity index (χ2v) is 4.25. The van der Waals surface area contributed by atoms with Gasteiger partial charge >= 0.3 is 5.97 Å². The lowest BCUT2D eigenvalue weighted by Gasteiger charge is -2.09. The van der Waals surface area contributed by atoms with E-state index in [0.717, 1.165) is 17.0 Å². The number of nitrogen functional groups attached to an aromatic ring is 1. The summed E-state index contributed by atoms with van der Waals surface area (Å²) in [4.78, 5) is 15.8. The van der Waals surface area contributed by atoms with Crippen LogP contribution in [0.1, 0.15) is 27.2 Å². The van der Waals surface area contributed by atoms with E-state index in [1.807, 2.05) is 6.07 Å². The number of esters is 1. The van der Waals surface area contributed by atoms with Gasteiger partial charge in [0.25, 0.3) is 0 Å². The van der Waals surface area contributed by atoms with E-state index in [9.17, 15) is 4.79 Å². The molecule has 1 aromatic heterocycles. The number of nitrogens with zero attached hydrogens (tertiary/aromatic N) is 2. The number of nitriles is 1. The van der Waals surface area contributed by atoms with Crippen LogP contribution in [0.5, 0.6) is 0 Å². The highest BCUT2D eigenvalue weighted by atomic mass is 32.2. The highest BCUT2D eigenvalue weighted by Gasteiger charge is 2.27. The van der Waals surface area contributed by atoms with Gasteiger partial charge in [-0.25, -0.2) is 9.78 Å². The third kappa shape index (κ3) is 1.49. The van der Waals surface area contributed by atoms with Crippen molar-refractivity contribution in [2.75, 3.05) is 12.8 Å². The van der Waals surface area contributed by atoms with E-state index in [4.69, 9.17) is 11.0 Å². The summed E-state index contributed by atoms with van der Waals surface area (Å²) in [5.41, 5.74) is 7.60. The van der Waals surface area contributed by atoms with Crippen LogP contribution in [0, 0.1) is 11.3 Å². The average Bonchev–Trinajstić information content (AvgIpc) is 2.73. The van der Waals surface area contributed by atoms with Crippen molar-refractivity contribution in [3.63, 3.8) is 0 Å². The first-order valence-corrected chi connectivity index (χ1v) is 5.72. The van der Waals surface area contributed by atoms with Gasteiger partial charge in [0.05, 0.1) is 18.4 Å². The van der Waals surface area contributed by atoms with Gasteiger partial charge in [0.1, 0.15) is 17.5 Å². The Morgan fingerprint density at radius 2 is 2.38 bits per heavy atom. The minimum Gasteiger partial charge on any atom is -0.465 e. The fraction of sp³-hybridized carbons (Fsp3) is 0.300. The molecule has 0 saturated carbocycles. The van der Waals surface area contributed by atoms with Crippen LogP contribution < -0.4 is 5.73 Å². The molecular weight excluding hydrogens is 226 g/mol.